The zero-order chi connectivity index (χ0) is 13.0. The molecule has 0 radical (unpaired) electrons. The van der Waals surface area contributed by atoms with Gasteiger partial charge in [-0.2, -0.15) is 0 Å². The van der Waals surface area contributed by atoms with Gasteiger partial charge in [0.2, 0.25) is 0 Å². The molecule has 0 saturated heterocycles. The highest BCUT2D eigenvalue weighted by atomic mass is 16.5. The van der Waals surface area contributed by atoms with Crippen molar-refractivity contribution in [2.75, 3.05) is 0 Å². The topological polar surface area (TPSA) is 29.5 Å². The smallest absolute Gasteiger partial charge is 0.120 e. The minimum Gasteiger partial charge on any atom is -0.491 e. The third-order valence-electron chi connectivity index (χ3n) is 3.33. The Morgan fingerprint density at radius 3 is 2.78 bits per heavy atom. The minimum absolute atomic E-state index is 0.162. The lowest BCUT2D eigenvalue weighted by Gasteiger charge is -2.24. The molecule has 0 saturated carbocycles. The van der Waals surface area contributed by atoms with Crippen LogP contribution < -0.4 is 4.74 Å². The molecule has 1 aliphatic rings. The number of benzene rings is 1. The first kappa shape index (κ1) is 13.2. The van der Waals surface area contributed by atoms with Crippen LogP contribution in [0.3, 0.4) is 0 Å². The molecule has 1 aliphatic carbocycles. The summed E-state index contributed by atoms with van der Waals surface area (Å²) >= 11 is 0. The van der Waals surface area contributed by atoms with Crippen molar-refractivity contribution in [1.29, 1.82) is 0 Å². The molecule has 0 bridgehead atoms. The molecule has 0 aromatic heterocycles. The van der Waals surface area contributed by atoms with Gasteiger partial charge < -0.3 is 9.84 Å². The van der Waals surface area contributed by atoms with Crippen LogP contribution in [0.4, 0.5) is 0 Å². The molecule has 98 valence electrons. The average Bonchev–Trinajstić information content (AvgIpc) is 2.38. The fraction of sp³-hybridized carbons (Fsp3) is 0.500. The highest BCUT2D eigenvalue weighted by Gasteiger charge is 2.21. The molecule has 0 spiro atoms. The molecule has 0 fully saturated rings. The van der Waals surface area contributed by atoms with Gasteiger partial charge in [-0.1, -0.05) is 24.3 Å². The molecule has 2 heteroatoms. The Balaban J connectivity index is 2.09. The van der Waals surface area contributed by atoms with Crippen LogP contribution in [0.25, 0.3) is 0 Å². The van der Waals surface area contributed by atoms with E-state index in [1.165, 1.54) is 0 Å². The molecular weight excluding hydrogens is 224 g/mol. The van der Waals surface area contributed by atoms with Crippen molar-refractivity contribution in [3.8, 4) is 5.75 Å². The highest BCUT2D eigenvalue weighted by molar-refractivity contribution is 5.30. The van der Waals surface area contributed by atoms with E-state index in [9.17, 15) is 5.11 Å². The average molecular weight is 246 g/mol. The van der Waals surface area contributed by atoms with E-state index in [2.05, 4.69) is 12.2 Å². The maximum absolute atomic E-state index is 10.4. The van der Waals surface area contributed by atoms with E-state index in [1.807, 2.05) is 38.1 Å². The van der Waals surface area contributed by atoms with E-state index >= 15 is 0 Å². The molecule has 0 aliphatic heterocycles. The molecular formula is C16H22O2. The van der Waals surface area contributed by atoms with Gasteiger partial charge in [-0.3, -0.25) is 0 Å². The minimum atomic E-state index is -0.384. The fourth-order valence-electron chi connectivity index (χ4n) is 2.42. The van der Waals surface area contributed by atoms with E-state index in [0.29, 0.717) is 5.92 Å². The zero-order valence-corrected chi connectivity index (χ0v) is 11.2. The Kier molecular flexibility index (Phi) is 4.43. The molecule has 1 aromatic carbocycles. The lowest BCUT2D eigenvalue weighted by atomic mass is 9.86. The predicted octanol–water partition coefficient (Wildman–Crippen LogP) is 3.86. The van der Waals surface area contributed by atoms with E-state index in [0.717, 1.165) is 30.6 Å². The number of rotatable bonds is 4. The van der Waals surface area contributed by atoms with Crippen LogP contribution in [0, 0.1) is 5.92 Å². The second kappa shape index (κ2) is 6.05. The maximum Gasteiger partial charge on any atom is 0.120 e. The van der Waals surface area contributed by atoms with Crippen LogP contribution in [0.5, 0.6) is 5.75 Å². The second-order valence-electron chi connectivity index (χ2n) is 5.23. The van der Waals surface area contributed by atoms with Crippen molar-refractivity contribution in [2.24, 2.45) is 5.92 Å². The second-order valence-corrected chi connectivity index (χ2v) is 5.23. The molecule has 2 rings (SSSR count). The van der Waals surface area contributed by atoms with Crippen LogP contribution in [-0.2, 0) is 0 Å². The van der Waals surface area contributed by atoms with Crippen LogP contribution in [0.2, 0.25) is 0 Å². The van der Waals surface area contributed by atoms with Crippen LogP contribution in [-0.4, -0.2) is 11.2 Å². The number of aliphatic hydroxyl groups is 1. The predicted molar refractivity (Wildman–Crippen MR) is 73.6 cm³/mol. The van der Waals surface area contributed by atoms with E-state index < -0.39 is 0 Å². The van der Waals surface area contributed by atoms with E-state index in [-0.39, 0.29) is 12.2 Å². The summed E-state index contributed by atoms with van der Waals surface area (Å²) in [5.41, 5.74) is 0.966. The van der Waals surface area contributed by atoms with Gasteiger partial charge in [0.05, 0.1) is 12.2 Å². The quantitative estimate of drug-likeness (QED) is 0.817. The first-order valence-electron chi connectivity index (χ1n) is 6.76. The summed E-state index contributed by atoms with van der Waals surface area (Å²) in [5, 5.41) is 10.4. The van der Waals surface area contributed by atoms with Crippen LogP contribution in [0.1, 0.15) is 44.8 Å². The van der Waals surface area contributed by atoms with Gasteiger partial charge >= 0.3 is 0 Å². The first-order valence-corrected chi connectivity index (χ1v) is 6.76. The van der Waals surface area contributed by atoms with Crippen molar-refractivity contribution in [2.45, 2.75) is 45.3 Å². The van der Waals surface area contributed by atoms with Gasteiger partial charge in [-0.25, -0.2) is 0 Å². The largest absolute Gasteiger partial charge is 0.491 e. The summed E-state index contributed by atoms with van der Waals surface area (Å²) in [6.45, 7) is 4.02. The fourth-order valence-corrected chi connectivity index (χ4v) is 2.42. The third-order valence-corrected chi connectivity index (χ3v) is 3.33. The van der Waals surface area contributed by atoms with Crippen LogP contribution in [0.15, 0.2) is 36.4 Å². The Morgan fingerprint density at radius 2 is 2.11 bits per heavy atom. The van der Waals surface area contributed by atoms with Crippen LogP contribution >= 0.6 is 0 Å². The maximum atomic E-state index is 10.4. The molecule has 18 heavy (non-hydrogen) atoms. The number of hydrogen-bond acceptors (Lipinski definition) is 2. The van der Waals surface area contributed by atoms with Crippen molar-refractivity contribution in [3.05, 3.63) is 42.0 Å². The molecule has 2 nitrogen and oxygen atoms in total. The lowest BCUT2D eigenvalue weighted by Crippen LogP contribution is -2.14. The summed E-state index contributed by atoms with van der Waals surface area (Å²) in [4.78, 5) is 0. The summed E-state index contributed by atoms with van der Waals surface area (Å²) in [5.74, 6) is 1.18. The highest BCUT2D eigenvalue weighted by Crippen LogP contribution is 2.32. The summed E-state index contributed by atoms with van der Waals surface area (Å²) in [6, 6.07) is 7.84. The van der Waals surface area contributed by atoms with Crippen molar-refractivity contribution >= 4 is 0 Å². The number of aliphatic hydroxyl groups excluding tert-OH is 1. The zero-order valence-electron chi connectivity index (χ0n) is 11.2. The van der Waals surface area contributed by atoms with Crippen molar-refractivity contribution in [3.63, 3.8) is 0 Å². The molecule has 0 amide bonds. The van der Waals surface area contributed by atoms with Gasteiger partial charge in [0, 0.05) is 0 Å². The molecule has 2 atom stereocenters. The molecule has 1 N–H and O–H groups in total. The summed E-state index contributed by atoms with van der Waals surface area (Å²) < 4.78 is 5.67. The molecule has 1 aromatic rings. The Morgan fingerprint density at radius 1 is 1.28 bits per heavy atom. The number of allylic oxidation sites excluding steroid dienone is 2. The van der Waals surface area contributed by atoms with Gasteiger partial charge in [-0.15, -0.1) is 0 Å². The third kappa shape index (κ3) is 3.36. The lowest BCUT2D eigenvalue weighted by molar-refractivity contribution is 0.102. The van der Waals surface area contributed by atoms with Crippen molar-refractivity contribution < 1.29 is 9.84 Å². The number of ether oxygens (including phenoxy) is 1. The monoisotopic (exact) mass is 246 g/mol. The Labute approximate surface area is 109 Å². The normalized spacial score (nSPS) is 21.0. The van der Waals surface area contributed by atoms with Crippen molar-refractivity contribution in [1.82, 2.24) is 0 Å². The SMILES string of the molecule is CC(C)Oc1cccc(C(O)C2CC=CCC2)c1. The summed E-state index contributed by atoms with van der Waals surface area (Å²) in [7, 11) is 0. The standard InChI is InChI=1S/C16H22O2/c1-12(2)18-15-10-6-9-14(11-15)16(17)13-7-4-3-5-8-13/h3-4,6,9-13,16-17H,5,7-8H2,1-2H3. The summed E-state index contributed by atoms with van der Waals surface area (Å²) in [6.07, 6.45) is 7.25. The first-order chi connectivity index (χ1) is 8.66. The van der Waals surface area contributed by atoms with E-state index in [1.54, 1.807) is 0 Å². The van der Waals surface area contributed by atoms with Gasteiger partial charge in [0.25, 0.3) is 0 Å². The molecule has 0 heterocycles. The van der Waals surface area contributed by atoms with Gasteiger partial charge in [0.15, 0.2) is 0 Å². The Hall–Kier alpha value is -1.28. The number of hydrogen-bond donors (Lipinski definition) is 1. The van der Waals surface area contributed by atoms with Gasteiger partial charge in [0.1, 0.15) is 5.75 Å². The van der Waals surface area contributed by atoms with E-state index in [4.69, 9.17) is 4.74 Å². The molecule has 2 unspecified atom stereocenters. The van der Waals surface area contributed by atoms with Gasteiger partial charge in [-0.05, 0) is 56.7 Å². The Bertz CT molecular complexity index is 409.